The summed E-state index contributed by atoms with van der Waals surface area (Å²) in [4.78, 5) is 25.2. The van der Waals surface area contributed by atoms with E-state index in [0.29, 0.717) is 38.4 Å². The predicted molar refractivity (Wildman–Crippen MR) is 114 cm³/mol. The third-order valence-electron chi connectivity index (χ3n) is 5.97. The van der Waals surface area contributed by atoms with Gasteiger partial charge in [0.2, 0.25) is 0 Å². The number of nitrogens with zero attached hydrogens (tertiary/aromatic N) is 3. The minimum atomic E-state index is -0.633. The Morgan fingerprint density at radius 3 is 2.77 bits per heavy atom. The van der Waals surface area contributed by atoms with Crippen LogP contribution in [0.2, 0.25) is 0 Å². The van der Waals surface area contributed by atoms with Gasteiger partial charge in [-0.25, -0.2) is 14.4 Å². The van der Waals surface area contributed by atoms with Gasteiger partial charge < -0.3 is 20.5 Å². The Labute approximate surface area is 182 Å². The third-order valence-corrected chi connectivity index (χ3v) is 7.19. The zero-order valence-corrected chi connectivity index (χ0v) is 17.5. The number of hydrogen-bond donors (Lipinski definition) is 2. The van der Waals surface area contributed by atoms with Crippen LogP contribution < -0.4 is 5.73 Å². The van der Waals surface area contributed by atoms with Crippen molar-refractivity contribution in [3.05, 3.63) is 58.5 Å². The summed E-state index contributed by atoms with van der Waals surface area (Å²) in [5.74, 6) is -0.797. The molecular formula is C22H21FN4O3S. The molecule has 31 heavy (non-hydrogen) atoms. The number of carbonyl (C=O) groups is 1. The summed E-state index contributed by atoms with van der Waals surface area (Å²) in [6.07, 6.45) is 5.29. The highest BCUT2D eigenvalue weighted by molar-refractivity contribution is 7.15. The van der Waals surface area contributed by atoms with Crippen LogP contribution in [0.1, 0.15) is 33.6 Å². The minimum absolute atomic E-state index is 0.110. The van der Waals surface area contributed by atoms with Gasteiger partial charge >= 0.3 is 0 Å². The second-order valence-electron chi connectivity index (χ2n) is 7.82. The van der Waals surface area contributed by atoms with Crippen LogP contribution in [-0.4, -0.2) is 45.6 Å². The molecule has 7 nitrogen and oxygen atoms in total. The van der Waals surface area contributed by atoms with Gasteiger partial charge in [-0.3, -0.25) is 4.79 Å². The number of thiophene rings is 1. The maximum absolute atomic E-state index is 14.1. The van der Waals surface area contributed by atoms with Gasteiger partial charge in [0.25, 0.3) is 5.91 Å². The van der Waals surface area contributed by atoms with Gasteiger partial charge in [-0.2, -0.15) is 0 Å². The van der Waals surface area contributed by atoms with Crippen LogP contribution in [0.3, 0.4) is 0 Å². The minimum Gasteiger partial charge on any atom is -0.508 e. The van der Waals surface area contributed by atoms with Crippen LogP contribution in [0.25, 0.3) is 10.6 Å². The van der Waals surface area contributed by atoms with E-state index >= 15 is 0 Å². The average molecular weight is 441 g/mol. The number of aromatic hydroxyl groups is 1. The molecule has 2 aromatic heterocycles. The molecule has 3 aromatic rings. The van der Waals surface area contributed by atoms with Gasteiger partial charge in [0.15, 0.2) is 0 Å². The van der Waals surface area contributed by atoms with E-state index in [9.17, 15) is 14.3 Å². The molecule has 2 aliphatic rings. The summed E-state index contributed by atoms with van der Waals surface area (Å²) in [6, 6.07) is 5.63. The van der Waals surface area contributed by atoms with E-state index in [2.05, 4.69) is 16.0 Å². The van der Waals surface area contributed by atoms with Gasteiger partial charge in [0.1, 0.15) is 17.4 Å². The second-order valence-corrected chi connectivity index (χ2v) is 8.96. The zero-order valence-electron chi connectivity index (χ0n) is 16.7. The van der Waals surface area contributed by atoms with Crippen LogP contribution in [0, 0.1) is 5.82 Å². The summed E-state index contributed by atoms with van der Waals surface area (Å²) >= 11 is 1.69. The molecule has 0 radical (unpaired) electrons. The van der Waals surface area contributed by atoms with Crippen molar-refractivity contribution in [2.75, 3.05) is 25.4 Å². The molecule has 1 amide bonds. The molecule has 9 heteroatoms. The Hall–Kier alpha value is -3.04. The van der Waals surface area contributed by atoms with Crippen molar-refractivity contribution in [3.63, 3.8) is 0 Å². The molecule has 1 saturated heterocycles. The number of phenolic OH excluding ortho intramolecular Hbond substituents is 1. The van der Waals surface area contributed by atoms with E-state index in [1.165, 1.54) is 17.0 Å². The SMILES string of the molecule is Nc1cnc(-c2cc3c(s2)CCOC32CCN(C(=O)c3cc(O)ccc3F)CC2)cn1. The topological polar surface area (TPSA) is 102 Å². The van der Waals surface area contributed by atoms with Crippen LogP contribution in [0.15, 0.2) is 36.7 Å². The summed E-state index contributed by atoms with van der Waals surface area (Å²) in [5, 5.41) is 9.63. The number of nitrogens with two attached hydrogens (primary N) is 1. The van der Waals surface area contributed by atoms with Crippen LogP contribution in [-0.2, 0) is 16.8 Å². The number of aromatic nitrogens is 2. The number of fused-ring (bicyclic) bond motifs is 2. The molecule has 4 heterocycles. The van der Waals surface area contributed by atoms with Crippen molar-refractivity contribution in [2.24, 2.45) is 0 Å². The number of halogens is 1. The first-order valence-electron chi connectivity index (χ1n) is 10.1. The van der Waals surface area contributed by atoms with Crippen LogP contribution >= 0.6 is 11.3 Å². The Morgan fingerprint density at radius 1 is 1.23 bits per heavy atom. The number of likely N-dealkylation sites (tertiary alicyclic amines) is 1. The van der Waals surface area contributed by atoms with E-state index in [-0.39, 0.29) is 11.3 Å². The van der Waals surface area contributed by atoms with Gasteiger partial charge in [-0.15, -0.1) is 11.3 Å². The van der Waals surface area contributed by atoms with E-state index in [4.69, 9.17) is 10.5 Å². The number of hydrogen-bond acceptors (Lipinski definition) is 7. The molecule has 1 aromatic carbocycles. The molecule has 160 valence electrons. The Kier molecular flexibility index (Phi) is 4.86. The van der Waals surface area contributed by atoms with E-state index in [0.717, 1.165) is 28.6 Å². The lowest BCUT2D eigenvalue weighted by atomic mass is 9.82. The van der Waals surface area contributed by atoms with Gasteiger partial charge in [-0.05, 0) is 42.7 Å². The van der Waals surface area contributed by atoms with E-state index in [1.54, 1.807) is 28.6 Å². The number of benzene rings is 1. The Balaban J connectivity index is 1.38. The highest BCUT2D eigenvalue weighted by atomic mass is 32.1. The number of phenols is 1. The molecule has 2 aliphatic heterocycles. The van der Waals surface area contributed by atoms with Gasteiger partial charge in [-0.1, -0.05) is 0 Å². The van der Waals surface area contributed by atoms with Crippen molar-refractivity contribution in [1.82, 2.24) is 14.9 Å². The highest BCUT2D eigenvalue weighted by Gasteiger charge is 2.43. The highest BCUT2D eigenvalue weighted by Crippen LogP contribution is 2.46. The van der Waals surface area contributed by atoms with E-state index in [1.807, 2.05) is 0 Å². The Morgan fingerprint density at radius 2 is 2.03 bits per heavy atom. The summed E-state index contributed by atoms with van der Waals surface area (Å²) in [7, 11) is 0. The number of nitrogen functional groups attached to an aromatic ring is 1. The maximum atomic E-state index is 14.1. The molecule has 0 saturated carbocycles. The number of rotatable bonds is 2. The first-order chi connectivity index (χ1) is 14.9. The van der Waals surface area contributed by atoms with E-state index < -0.39 is 17.3 Å². The fraction of sp³-hybridized carbons (Fsp3) is 0.318. The zero-order chi connectivity index (χ0) is 21.6. The lowest BCUT2D eigenvalue weighted by Gasteiger charge is -2.44. The average Bonchev–Trinajstić information content (AvgIpc) is 3.22. The molecule has 0 unspecified atom stereocenters. The van der Waals surface area contributed by atoms with Crippen molar-refractivity contribution in [1.29, 1.82) is 0 Å². The largest absolute Gasteiger partial charge is 0.508 e. The molecule has 3 N–H and O–H groups in total. The van der Waals surface area contributed by atoms with Crippen molar-refractivity contribution in [2.45, 2.75) is 24.9 Å². The molecule has 1 fully saturated rings. The molecule has 5 rings (SSSR count). The first kappa shape index (κ1) is 19.9. The maximum Gasteiger partial charge on any atom is 0.256 e. The second kappa shape index (κ2) is 7.58. The number of anilines is 1. The quantitative estimate of drug-likeness (QED) is 0.634. The molecule has 1 spiro atoms. The smallest absolute Gasteiger partial charge is 0.256 e. The predicted octanol–water partition coefficient (Wildman–Crippen LogP) is 3.34. The number of amides is 1. The van der Waals surface area contributed by atoms with Crippen molar-refractivity contribution in [3.8, 4) is 16.3 Å². The molecule has 0 atom stereocenters. The molecule has 0 aliphatic carbocycles. The third kappa shape index (κ3) is 3.53. The normalized spacial score (nSPS) is 17.5. The van der Waals surface area contributed by atoms with Crippen LogP contribution in [0.5, 0.6) is 5.75 Å². The standard InChI is InChI=1S/C22H21FN4O3S/c23-16-2-1-13(28)9-14(16)21(29)27-6-4-22(5-7-27)15-10-19(31-18(15)3-8-30-22)17-11-26-20(24)12-25-17/h1-2,9-12,28H,3-8H2,(H2,24,26). The van der Waals surface area contributed by atoms with Gasteiger partial charge in [0.05, 0.1) is 40.7 Å². The number of piperidine rings is 1. The summed E-state index contributed by atoms with van der Waals surface area (Å²) in [6.45, 7) is 1.51. The first-order valence-corrected chi connectivity index (χ1v) is 10.9. The lowest BCUT2D eigenvalue weighted by molar-refractivity contribution is -0.0926. The number of ether oxygens (including phenoxy) is 1. The number of carbonyl (C=O) groups excluding carboxylic acids is 1. The van der Waals surface area contributed by atoms with Crippen molar-refractivity contribution < 1.29 is 19.0 Å². The molecule has 0 bridgehead atoms. The fourth-order valence-corrected chi connectivity index (χ4v) is 5.53. The summed E-state index contributed by atoms with van der Waals surface area (Å²) in [5.41, 5.74) is 7.00. The van der Waals surface area contributed by atoms with Gasteiger partial charge in [0, 0.05) is 24.4 Å². The van der Waals surface area contributed by atoms with Crippen LogP contribution in [0.4, 0.5) is 10.2 Å². The fourth-order valence-electron chi connectivity index (χ4n) is 4.34. The van der Waals surface area contributed by atoms with Crippen molar-refractivity contribution >= 4 is 23.1 Å². The monoisotopic (exact) mass is 440 g/mol. The Bertz CT molecular complexity index is 1140. The lowest BCUT2D eigenvalue weighted by Crippen LogP contribution is -2.48. The summed E-state index contributed by atoms with van der Waals surface area (Å²) < 4.78 is 20.4. The molecular weight excluding hydrogens is 419 g/mol.